The van der Waals surface area contributed by atoms with E-state index in [0.29, 0.717) is 34.6 Å². The van der Waals surface area contributed by atoms with Crippen molar-refractivity contribution in [3.8, 4) is 0 Å². The number of nitrogens with zero attached hydrogens (tertiary/aromatic N) is 2. The number of anilines is 2. The van der Waals surface area contributed by atoms with Crippen LogP contribution in [0.15, 0.2) is 76.1 Å². The van der Waals surface area contributed by atoms with Crippen LogP contribution < -0.4 is 9.62 Å². The predicted octanol–water partition coefficient (Wildman–Crippen LogP) is 6.34. The van der Waals surface area contributed by atoms with Crippen molar-refractivity contribution in [3.63, 3.8) is 0 Å². The molecule has 1 aromatic heterocycles. The zero-order valence-corrected chi connectivity index (χ0v) is 22.8. The van der Waals surface area contributed by atoms with E-state index in [1.165, 1.54) is 35.6 Å². The van der Waals surface area contributed by atoms with Crippen LogP contribution in [0, 0.1) is 0 Å². The molecule has 1 aliphatic rings. The number of carbonyl (C=O) groups is 1. The van der Waals surface area contributed by atoms with Gasteiger partial charge in [-0.1, -0.05) is 38.9 Å². The molecule has 186 valence electrons. The highest BCUT2D eigenvalue weighted by molar-refractivity contribution is 9.10. The maximum atomic E-state index is 13.6. The van der Waals surface area contributed by atoms with Gasteiger partial charge in [0, 0.05) is 27.4 Å². The first-order valence-electron chi connectivity index (χ1n) is 11.2. The quantitative estimate of drug-likeness (QED) is 0.265. The lowest BCUT2D eigenvalue weighted by Gasteiger charge is -2.23. The van der Waals surface area contributed by atoms with Crippen LogP contribution >= 0.6 is 38.9 Å². The zero-order valence-electron chi connectivity index (χ0n) is 18.9. The molecule has 1 aliphatic heterocycles. The van der Waals surface area contributed by atoms with Gasteiger partial charge in [0.2, 0.25) is 0 Å². The molecule has 0 spiro atoms. The number of benzene rings is 3. The highest BCUT2D eigenvalue weighted by atomic mass is 79.9. The Kier molecular flexibility index (Phi) is 7.32. The summed E-state index contributed by atoms with van der Waals surface area (Å²) >= 11 is 10.8. The van der Waals surface area contributed by atoms with E-state index < -0.39 is 10.0 Å². The molecule has 1 amide bonds. The van der Waals surface area contributed by atoms with Gasteiger partial charge in [-0.05, 0) is 79.6 Å². The van der Waals surface area contributed by atoms with Crippen LogP contribution in [-0.4, -0.2) is 38.6 Å². The summed E-state index contributed by atoms with van der Waals surface area (Å²) in [6, 6.07) is 18.1. The highest BCUT2D eigenvalue weighted by Gasteiger charge is 2.27. The standard InChI is InChI=1S/C25H21BrClN3O4S2/c26-17-5-12-22-23(14-17)35-25(28-22)30(15-20-2-1-13-34-20)24(31)16-3-8-19(9-4-16)29-36(32,33)21-10-6-18(27)7-11-21/h3-12,14,20,29H,1-2,13,15H2. The SMILES string of the molecule is O=C(c1ccc(NS(=O)(=O)c2ccc(Cl)cc2)cc1)N(CC1CCCO1)c1nc2ccc(Br)cc2s1. The third kappa shape index (κ3) is 5.57. The van der Waals surface area contributed by atoms with Crippen LogP contribution in [0.1, 0.15) is 23.2 Å². The summed E-state index contributed by atoms with van der Waals surface area (Å²) in [5, 5.41) is 1.04. The van der Waals surface area contributed by atoms with Crippen molar-refractivity contribution in [2.45, 2.75) is 23.8 Å². The first kappa shape index (κ1) is 25.2. The molecule has 2 heterocycles. The van der Waals surface area contributed by atoms with E-state index in [9.17, 15) is 13.2 Å². The molecule has 5 rings (SSSR count). The normalized spacial score (nSPS) is 15.8. The third-order valence-electron chi connectivity index (χ3n) is 5.73. The van der Waals surface area contributed by atoms with Gasteiger partial charge in [0.25, 0.3) is 15.9 Å². The molecule has 1 fully saturated rings. The van der Waals surface area contributed by atoms with Gasteiger partial charge >= 0.3 is 0 Å². The number of thiazole rings is 1. The van der Waals surface area contributed by atoms with Gasteiger partial charge < -0.3 is 4.74 Å². The first-order valence-corrected chi connectivity index (χ1v) is 14.6. The Balaban J connectivity index is 1.39. The molecule has 0 bridgehead atoms. The summed E-state index contributed by atoms with van der Waals surface area (Å²) in [5.41, 5.74) is 1.58. The number of amides is 1. The molecule has 1 atom stereocenters. The number of sulfonamides is 1. The predicted molar refractivity (Wildman–Crippen MR) is 147 cm³/mol. The number of rotatable bonds is 7. The second-order valence-corrected chi connectivity index (χ2v) is 12.3. The minimum Gasteiger partial charge on any atom is -0.376 e. The number of halogens is 2. The summed E-state index contributed by atoms with van der Waals surface area (Å²) in [7, 11) is -3.79. The first-order chi connectivity index (χ1) is 17.3. The lowest BCUT2D eigenvalue weighted by atomic mass is 10.1. The highest BCUT2D eigenvalue weighted by Crippen LogP contribution is 2.32. The van der Waals surface area contributed by atoms with Crippen molar-refractivity contribution in [1.82, 2.24) is 4.98 Å². The van der Waals surface area contributed by atoms with Crippen LogP contribution in [0.3, 0.4) is 0 Å². The number of carbonyl (C=O) groups excluding carboxylic acids is 1. The van der Waals surface area contributed by atoms with Gasteiger partial charge in [0.05, 0.1) is 27.8 Å². The molecule has 0 saturated carbocycles. The molecule has 0 aliphatic carbocycles. The summed E-state index contributed by atoms with van der Waals surface area (Å²) < 4.78 is 35.6. The maximum Gasteiger partial charge on any atom is 0.261 e. The monoisotopic (exact) mass is 605 g/mol. The molecule has 36 heavy (non-hydrogen) atoms. The van der Waals surface area contributed by atoms with Gasteiger partial charge in [0.15, 0.2) is 5.13 Å². The molecule has 1 unspecified atom stereocenters. The fraction of sp³-hybridized carbons (Fsp3) is 0.200. The molecular formula is C25H21BrClN3O4S2. The van der Waals surface area contributed by atoms with Crippen LogP contribution in [0.2, 0.25) is 5.02 Å². The van der Waals surface area contributed by atoms with E-state index in [1.54, 1.807) is 29.2 Å². The zero-order chi connectivity index (χ0) is 25.3. The molecular weight excluding hydrogens is 586 g/mol. The Hall–Kier alpha value is -2.50. The molecule has 4 aromatic rings. The van der Waals surface area contributed by atoms with Crippen molar-refractivity contribution in [2.75, 3.05) is 22.8 Å². The third-order valence-corrected chi connectivity index (χ3v) is 8.92. The molecule has 1 N–H and O–H groups in total. The van der Waals surface area contributed by atoms with Gasteiger partial charge in [-0.15, -0.1) is 0 Å². The molecule has 7 nitrogen and oxygen atoms in total. The molecule has 3 aromatic carbocycles. The summed E-state index contributed by atoms with van der Waals surface area (Å²) in [6.07, 6.45) is 1.78. The van der Waals surface area contributed by atoms with E-state index in [4.69, 9.17) is 21.3 Å². The lowest BCUT2D eigenvalue weighted by molar-refractivity contribution is 0.0917. The molecule has 1 saturated heterocycles. The summed E-state index contributed by atoms with van der Waals surface area (Å²) in [4.78, 5) is 20.0. The lowest BCUT2D eigenvalue weighted by Crippen LogP contribution is -2.37. The average molecular weight is 607 g/mol. The van der Waals surface area contributed by atoms with Gasteiger partial charge in [-0.25, -0.2) is 13.4 Å². The van der Waals surface area contributed by atoms with E-state index >= 15 is 0 Å². The van der Waals surface area contributed by atoms with E-state index in [0.717, 1.165) is 27.5 Å². The molecule has 11 heteroatoms. The van der Waals surface area contributed by atoms with Crippen molar-refractivity contribution in [3.05, 3.63) is 81.8 Å². The van der Waals surface area contributed by atoms with Crippen LogP contribution in [0.5, 0.6) is 0 Å². The number of fused-ring (bicyclic) bond motifs is 1. The number of ether oxygens (including phenoxy) is 1. The Morgan fingerprint density at radius 2 is 1.89 bits per heavy atom. The number of hydrogen-bond acceptors (Lipinski definition) is 6. The van der Waals surface area contributed by atoms with Crippen LogP contribution in [0.25, 0.3) is 10.2 Å². The van der Waals surface area contributed by atoms with Gasteiger partial charge in [-0.2, -0.15) is 0 Å². The van der Waals surface area contributed by atoms with Crippen molar-refractivity contribution in [1.29, 1.82) is 0 Å². The van der Waals surface area contributed by atoms with Crippen molar-refractivity contribution < 1.29 is 17.9 Å². The van der Waals surface area contributed by atoms with Crippen molar-refractivity contribution >= 4 is 75.8 Å². The Morgan fingerprint density at radius 3 is 2.58 bits per heavy atom. The topological polar surface area (TPSA) is 88.6 Å². The van der Waals surface area contributed by atoms with Crippen molar-refractivity contribution in [2.24, 2.45) is 0 Å². The number of aromatic nitrogens is 1. The second-order valence-electron chi connectivity index (χ2n) is 8.30. The fourth-order valence-electron chi connectivity index (χ4n) is 3.91. The Bertz CT molecular complexity index is 1500. The van der Waals surface area contributed by atoms with Crippen LogP contribution in [0.4, 0.5) is 10.8 Å². The second kappa shape index (κ2) is 10.5. The maximum absolute atomic E-state index is 13.6. The fourth-order valence-corrected chi connectivity index (χ4v) is 6.62. The minimum atomic E-state index is -3.79. The smallest absolute Gasteiger partial charge is 0.261 e. The minimum absolute atomic E-state index is 0.0573. The average Bonchev–Trinajstić information content (AvgIpc) is 3.52. The van der Waals surface area contributed by atoms with Crippen LogP contribution in [-0.2, 0) is 14.8 Å². The number of nitrogens with one attached hydrogen (secondary N) is 1. The van der Waals surface area contributed by atoms with Gasteiger partial charge in [-0.3, -0.25) is 14.4 Å². The Morgan fingerprint density at radius 1 is 1.14 bits per heavy atom. The van der Waals surface area contributed by atoms with E-state index in [2.05, 4.69) is 20.7 Å². The van der Waals surface area contributed by atoms with Gasteiger partial charge in [0.1, 0.15) is 0 Å². The Labute approximate surface area is 226 Å². The molecule has 0 radical (unpaired) electrons. The van der Waals surface area contributed by atoms with E-state index in [-0.39, 0.29) is 16.9 Å². The summed E-state index contributed by atoms with van der Waals surface area (Å²) in [5.74, 6) is -0.226. The van der Waals surface area contributed by atoms with E-state index in [1.807, 2.05) is 18.2 Å². The number of hydrogen-bond donors (Lipinski definition) is 1. The summed E-state index contributed by atoms with van der Waals surface area (Å²) in [6.45, 7) is 1.08. The largest absolute Gasteiger partial charge is 0.376 e.